The fourth-order valence-corrected chi connectivity index (χ4v) is 5.04. The van der Waals surface area contributed by atoms with E-state index in [2.05, 4.69) is 15.2 Å². The summed E-state index contributed by atoms with van der Waals surface area (Å²) in [6.07, 6.45) is 0.365. The highest BCUT2D eigenvalue weighted by Gasteiger charge is 2.21. The van der Waals surface area contributed by atoms with E-state index in [1.54, 1.807) is 37.3 Å². The molecule has 1 aliphatic rings. The van der Waals surface area contributed by atoms with E-state index in [0.717, 1.165) is 5.56 Å². The number of nitrogens with zero attached hydrogens (tertiary/aromatic N) is 2. The number of amides is 1. The van der Waals surface area contributed by atoms with E-state index in [1.165, 1.54) is 6.07 Å². The third-order valence-electron chi connectivity index (χ3n) is 7.24. The molecule has 206 valence electrons. The summed E-state index contributed by atoms with van der Waals surface area (Å²) in [5, 5.41) is 24.0. The van der Waals surface area contributed by atoms with Crippen molar-refractivity contribution in [3.63, 3.8) is 0 Å². The summed E-state index contributed by atoms with van der Waals surface area (Å²) < 4.78 is 13.3. The number of carboxylic acid groups (broad SMARTS) is 1. The standard InChI is InChI=1S/C31H31FN4O4/c1-19-17-25-26(18-24(19)31(39)40)35-30(38)27(25)28(20-5-3-2-4-6-20)34-23-9-7-21(8-10-23)29(37)33-13-16-36-14-11-22(32)12-15-36/h2-10,17-18,22,35,38H,11-16H2,1H3,(H,33,37)(H,39,40). The predicted molar refractivity (Wildman–Crippen MR) is 153 cm³/mol. The second-order valence-corrected chi connectivity index (χ2v) is 10.0. The highest BCUT2D eigenvalue weighted by molar-refractivity contribution is 6.22. The topological polar surface area (TPSA) is 118 Å². The minimum absolute atomic E-state index is 0.119. The number of aromatic amines is 1. The van der Waals surface area contributed by atoms with Crippen LogP contribution < -0.4 is 5.32 Å². The number of hydrogen-bond donors (Lipinski definition) is 4. The van der Waals surface area contributed by atoms with Gasteiger partial charge in [0.1, 0.15) is 6.17 Å². The Hall–Kier alpha value is -4.50. The third-order valence-corrected chi connectivity index (χ3v) is 7.24. The monoisotopic (exact) mass is 542 g/mol. The van der Waals surface area contributed by atoms with Crippen molar-refractivity contribution in [2.75, 3.05) is 26.2 Å². The van der Waals surface area contributed by atoms with Crippen LogP contribution in [0.3, 0.4) is 0 Å². The summed E-state index contributed by atoms with van der Waals surface area (Å²) in [4.78, 5) is 34.2. The number of alkyl halides is 1. The lowest BCUT2D eigenvalue weighted by atomic mass is 9.98. The molecular weight excluding hydrogens is 511 g/mol. The molecule has 9 heteroatoms. The number of aliphatic imine (C=N–C) groups is 1. The number of nitrogens with one attached hydrogen (secondary N) is 2. The van der Waals surface area contributed by atoms with Crippen LogP contribution in [0, 0.1) is 6.92 Å². The summed E-state index contributed by atoms with van der Waals surface area (Å²) in [5.41, 5.74) is 4.00. The number of rotatable bonds is 8. The van der Waals surface area contributed by atoms with Gasteiger partial charge in [-0.2, -0.15) is 0 Å². The Morgan fingerprint density at radius 2 is 1.75 bits per heavy atom. The number of aromatic nitrogens is 1. The maximum atomic E-state index is 13.3. The van der Waals surface area contributed by atoms with Crippen molar-refractivity contribution in [1.29, 1.82) is 0 Å². The predicted octanol–water partition coefficient (Wildman–Crippen LogP) is 5.21. The number of halogens is 1. The highest BCUT2D eigenvalue weighted by atomic mass is 19.1. The van der Waals surface area contributed by atoms with Crippen LogP contribution >= 0.6 is 0 Å². The molecule has 0 bridgehead atoms. The number of aromatic carboxylic acids is 1. The van der Waals surface area contributed by atoms with Crippen LogP contribution in [-0.4, -0.2) is 70.0 Å². The average Bonchev–Trinajstić information content (AvgIpc) is 3.27. The summed E-state index contributed by atoms with van der Waals surface area (Å²) in [5.74, 6) is -1.36. The molecule has 0 saturated carbocycles. The van der Waals surface area contributed by atoms with E-state index in [4.69, 9.17) is 4.99 Å². The number of piperidine rings is 1. The van der Waals surface area contributed by atoms with E-state index in [9.17, 15) is 24.2 Å². The number of hydrogen-bond acceptors (Lipinski definition) is 5. The Bertz CT molecular complexity index is 1560. The molecule has 40 heavy (non-hydrogen) atoms. The second-order valence-electron chi connectivity index (χ2n) is 10.0. The number of carbonyl (C=O) groups excluding carboxylic acids is 1. The number of likely N-dealkylation sites (tertiary alicyclic amines) is 1. The maximum Gasteiger partial charge on any atom is 0.336 e. The van der Waals surface area contributed by atoms with Crippen LogP contribution in [0.2, 0.25) is 0 Å². The number of carboxylic acids is 1. The van der Waals surface area contributed by atoms with Crippen LogP contribution in [0.5, 0.6) is 5.88 Å². The van der Waals surface area contributed by atoms with Crippen LogP contribution in [0.4, 0.5) is 10.1 Å². The lowest BCUT2D eigenvalue weighted by Crippen LogP contribution is -2.40. The Morgan fingerprint density at radius 3 is 2.42 bits per heavy atom. The van der Waals surface area contributed by atoms with E-state index in [1.807, 2.05) is 30.3 Å². The summed E-state index contributed by atoms with van der Waals surface area (Å²) in [7, 11) is 0. The second kappa shape index (κ2) is 11.7. The van der Waals surface area contributed by atoms with Gasteiger partial charge in [-0.3, -0.25) is 4.79 Å². The molecular formula is C31H31FN4O4. The third kappa shape index (κ3) is 5.89. The van der Waals surface area contributed by atoms with Crippen LogP contribution in [0.25, 0.3) is 10.9 Å². The van der Waals surface area contributed by atoms with E-state index < -0.39 is 12.1 Å². The molecule has 0 aliphatic carbocycles. The summed E-state index contributed by atoms with van der Waals surface area (Å²) >= 11 is 0. The van der Waals surface area contributed by atoms with Gasteiger partial charge >= 0.3 is 5.97 Å². The molecule has 5 rings (SSSR count). The van der Waals surface area contributed by atoms with Gasteiger partial charge < -0.3 is 25.4 Å². The molecule has 1 aliphatic heterocycles. The van der Waals surface area contributed by atoms with E-state index in [0.29, 0.717) is 78.0 Å². The molecule has 0 unspecified atom stereocenters. The molecule has 4 N–H and O–H groups in total. The largest absolute Gasteiger partial charge is 0.494 e. The van der Waals surface area contributed by atoms with Crippen molar-refractivity contribution in [2.45, 2.75) is 25.9 Å². The van der Waals surface area contributed by atoms with Crippen LogP contribution in [0.1, 0.15) is 50.2 Å². The van der Waals surface area contributed by atoms with Gasteiger partial charge in [-0.05, 0) is 61.7 Å². The molecule has 1 amide bonds. The number of fused-ring (bicyclic) bond motifs is 1. The van der Waals surface area contributed by atoms with Crippen molar-refractivity contribution >= 4 is 34.2 Å². The normalized spacial score (nSPS) is 14.9. The Morgan fingerprint density at radius 1 is 1.05 bits per heavy atom. The first kappa shape index (κ1) is 27.1. The number of carbonyl (C=O) groups is 2. The molecule has 0 atom stereocenters. The number of aryl methyl sites for hydroxylation is 1. The van der Waals surface area contributed by atoms with Crippen LogP contribution in [0.15, 0.2) is 71.7 Å². The smallest absolute Gasteiger partial charge is 0.336 e. The first-order chi connectivity index (χ1) is 19.3. The SMILES string of the molecule is Cc1cc2c(C(=Nc3ccc(C(=O)NCCN4CCC(F)CC4)cc3)c3ccccc3)c(O)[nH]c2cc1C(=O)O. The quantitative estimate of drug-likeness (QED) is 0.228. The zero-order valence-electron chi connectivity index (χ0n) is 22.2. The van der Waals surface area contributed by atoms with Gasteiger partial charge in [0.05, 0.1) is 22.5 Å². The van der Waals surface area contributed by atoms with Crippen LogP contribution in [-0.2, 0) is 0 Å². The molecule has 1 saturated heterocycles. The van der Waals surface area contributed by atoms with Gasteiger partial charge in [-0.15, -0.1) is 0 Å². The first-order valence-electron chi connectivity index (χ1n) is 13.3. The minimum atomic E-state index is -1.04. The molecule has 1 aromatic heterocycles. The van der Waals surface area contributed by atoms with Crippen molar-refractivity contribution in [3.05, 3.63) is 94.5 Å². The number of aromatic hydroxyl groups is 1. The molecule has 0 radical (unpaired) electrons. The Balaban J connectivity index is 1.40. The van der Waals surface area contributed by atoms with Gasteiger partial charge in [0.15, 0.2) is 5.88 Å². The van der Waals surface area contributed by atoms with Crippen molar-refractivity contribution in [2.24, 2.45) is 4.99 Å². The van der Waals surface area contributed by atoms with Crippen molar-refractivity contribution in [1.82, 2.24) is 15.2 Å². The molecule has 2 heterocycles. The summed E-state index contributed by atoms with van der Waals surface area (Å²) in [6, 6.07) is 19.5. The van der Waals surface area contributed by atoms with Gasteiger partial charge in [0.25, 0.3) is 5.91 Å². The van der Waals surface area contributed by atoms with Crippen molar-refractivity contribution < 1.29 is 24.2 Å². The summed E-state index contributed by atoms with van der Waals surface area (Å²) in [6.45, 7) is 4.30. The highest BCUT2D eigenvalue weighted by Crippen LogP contribution is 2.33. The lowest BCUT2D eigenvalue weighted by Gasteiger charge is -2.28. The fraction of sp³-hybridized carbons (Fsp3) is 0.258. The molecule has 8 nitrogen and oxygen atoms in total. The van der Waals surface area contributed by atoms with Gasteiger partial charge in [-0.25, -0.2) is 14.2 Å². The Kier molecular flexibility index (Phi) is 7.93. The zero-order valence-corrected chi connectivity index (χ0v) is 22.2. The lowest BCUT2D eigenvalue weighted by molar-refractivity contribution is 0.0696. The van der Waals surface area contributed by atoms with E-state index in [-0.39, 0.29) is 17.4 Å². The van der Waals surface area contributed by atoms with Gasteiger partial charge in [-0.1, -0.05) is 30.3 Å². The molecule has 0 spiro atoms. The maximum absolute atomic E-state index is 13.3. The minimum Gasteiger partial charge on any atom is -0.494 e. The first-order valence-corrected chi connectivity index (χ1v) is 13.3. The van der Waals surface area contributed by atoms with E-state index >= 15 is 0 Å². The van der Waals surface area contributed by atoms with Gasteiger partial charge in [0, 0.05) is 48.2 Å². The molecule has 4 aromatic rings. The zero-order chi connectivity index (χ0) is 28.2. The molecule has 1 fully saturated rings. The number of benzene rings is 3. The Labute approximate surface area is 231 Å². The van der Waals surface area contributed by atoms with Gasteiger partial charge in [0.2, 0.25) is 0 Å². The number of H-pyrrole nitrogens is 1. The van der Waals surface area contributed by atoms with Crippen molar-refractivity contribution in [3.8, 4) is 5.88 Å². The average molecular weight is 543 g/mol. The fourth-order valence-electron chi connectivity index (χ4n) is 5.04. The molecule has 3 aromatic carbocycles.